The van der Waals surface area contributed by atoms with E-state index >= 15 is 0 Å². The van der Waals surface area contributed by atoms with Crippen LogP contribution < -0.4 is 4.74 Å². The van der Waals surface area contributed by atoms with E-state index in [1.54, 1.807) is 24.4 Å². The maximum atomic E-state index is 12.0. The monoisotopic (exact) mass is 295 g/mol. The van der Waals surface area contributed by atoms with Crippen LogP contribution in [-0.2, 0) is 17.6 Å². The van der Waals surface area contributed by atoms with Crippen LogP contribution in [0.3, 0.4) is 0 Å². The topological polar surface area (TPSA) is 39.2 Å². The number of alkyl halides is 3. The van der Waals surface area contributed by atoms with Crippen molar-refractivity contribution in [2.75, 3.05) is 0 Å². The summed E-state index contributed by atoms with van der Waals surface area (Å²) in [4.78, 5) is 15.9. The highest BCUT2D eigenvalue weighted by Gasteiger charge is 2.30. The lowest BCUT2D eigenvalue weighted by Gasteiger charge is -2.09. The smallest absolute Gasteiger partial charge is 0.406 e. The van der Waals surface area contributed by atoms with E-state index in [1.807, 2.05) is 0 Å². The number of nitrogens with zero attached hydrogens (tertiary/aromatic N) is 1. The maximum Gasteiger partial charge on any atom is 0.573 e. The molecule has 6 heteroatoms. The molecular weight excluding hydrogens is 283 g/mol. The lowest BCUT2D eigenvalue weighted by atomic mass is 10.1. The van der Waals surface area contributed by atoms with E-state index in [9.17, 15) is 18.0 Å². The molecule has 110 valence electrons. The molecule has 2 rings (SSSR count). The minimum Gasteiger partial charge on any atom is -0.406 e. The Balaban J connectivity index is 1.92. The van der Waals surface area contributed by atoms with Crippen LogP contribution in [0.1, 0.15) is 11.3 Å². The van der Waals surface area contributed by atoms with Gasteiger partial charge in [-0.25, -0.2) is 0 Å². The molecule has 1 aromatic carbocycles. The molecule has 0 aliphatic carbocycles. The molecule has 1 heterocycles. The molecule has 0 fully saturated rings. The first-order valence-electron chi connectivity index (χ1n) is 6.19. The van der Waals surface area contributed by atoms with E-state index in [2.05, 4.69) is 9.72 Å². The van der Waals surface area contributed by atoms with Crippen molar-refractivity contribution in [3.63, 3.8) is 0 Å². The first-order chi connectivity index (χ1) is 9.92. The van der Waals surface area contributed by atoms with Crippen molar-refractivity contribution in [3.05, 3.63) is 59.9 Å². The second-order valence-electron chi connectivity index (χ2n) is 4.41. The molecule has 1 aromatic heterocycles. The highest BCUT2D eigenvalue weighted by atomic mass is 19.4. The summed E-state index contributed by atoms with van der Waals surface area (Å²) < 4.78 is 39.8. The number of hydrogen-bond acceptors (Lipinski definition) is 3. The Hall–Kier alpha value is -2.37. The van der Waals surface area contributed by atoms with E-state index in [4.69, 9.17) is 0 Å². The zero-order chi connectivity index (χ0) is 15.3. The largest absolute Gasteiger partial charge is 0.573 e. The molecule has 0 radical (unpaired) electrons. The Morgan fingerprint density at radius 2 is 1.76 bits per heavy atom. The molecule has 0 saturated heterocycles. The first-order valence-corrected chi connectivity index (χ1v) is 6.19. The second-order valence-corrected chi connectivity index (χ2v) is 4.41. The Kier molecular flexibility index (Phi) is 4.57. The number of pyridine rings is 1. The predicted octanol–water partition coefficient (Wildman–Crippen LogP) is 3.33. The number of benzene rings is 1. The molecule has 0 aliphatic rings. The normalized spacial score (nSPS) is 11.2. The van der Waals surface area contributed by atoms with Crippen molar-refractivity contribution in [1.82, 2.24) is 4.98 Å². The van der Waals surface area contributed by atoms with Gasteiger partial charge in [-0.15, -0.1) is 13.2 Å². The summed E-state index contributed by atoms with van der Waals surface area (Å²) in [5.41, 5.74) is 1.30. The van der Waals surface area contributed by atoms with Crippen LogP contribution in [0.5, 0.6) is 5.75 Å². The summed E-state index contributed by atoms with van der Waals surface area (Å²) in [5.74, 6) is -0.360. The highest BCUT2D eigenvalue weighted by molar-refractivity contribution is 5.82. The van der Waals surface area contributed by atoms with Gasteiger partial charge >= 0.3 is 6.36 Å². The van der Waals surface area contributed by atoms with Crippen LogP contribution in [0.25, 0.3) is 0 Å². The number of Topliss-reactive ketones (excluding diaryl/α,β-unsaturated/α-hetero) is 1. The summed E-state index contributed by atoms with van der Waals surface area (Å²) >= 11 is 0. The zero-order valence-corrected chi connectivity index (χ0v) is 10.9. The summed E-state index contributed by atoms with van der Waals surface area (Å²) in [5, 5.41) is 0. The molecule has 0 aliphatic heterocycles. The van der Waals surface area contributed by atoms with Crippen molar-refractivity contribution in [1.29, 1.82) is 0 Å². The van der Waals surface area contributed by atoms with Crippen LogP contribution in [0.2, 0.25) is 0 Å². The molecule has 0 saturated carbocycles. The lowest BCUT2D eigenvalue weighted by Crippen LogP contribution is -2.17. The van der Waals surface area contributed by atoms with Gasteiger partial charge in [0, 0.05) is 24.7 Å². The van der Waals surface area contributed by atoms with Gasteiger partial charge in [0.25, 0.3) is 0 Å². The number of hydrogen-bond donors (Lipinski definition) is 0. The van der Waals surface area contributed by atoms with Gasteiger partial charge in [0.15, 0.2) is 0 Å². The fourth-order valence-corrected chi connectivity index (χ4v) is 1.80. The third kappa shape index (κ3) is 5.25. The van der Waals surface area contributed by atoms with Crippen molar-refractivity contribution in [2.45, 2.75) is 19.2 Å². The number of rotatable bonds is 5. The number of aromatic nitrogens is 1. The zero-order valence-electron chi connectivity index (χ0n) is 10.9. The molecule has 0 amide bonds. The molecule has 0 spiro atoms. The molecule has 0 N–H and O–H groups in total. The van der Waals surface area contributed by atoms with Crippen LogP contribution in [0.15, 0.2) is 48.7 Å². The minimum absolute atomic E-state index is 0.0572. The molecule has 3 nitrogen and oxygen atoms in total. The number of carbonyl (C=O) groups excluding carboxylic acids is 1. The summed E-state index contributed by atoms with van der Waals surface area (Å²) in [6.07, 6.45) is -2.77. The lowest BCUT2D eigenvalue weighted by molar-refractivity contribution is -0.274. The van der Waals surface area contributed by atoms with E-state index in [-0.39, 0.29) is 24.4 Å². The second kappa shape index (κ2) is 6.39. The standard InChI is InChI=1S/C15H12F3NO2/c16-15(17,18)21-14-6-4-11(5-7-14)9-13(20)10-12-3-1-2-8-19-12/h1-8H,9-10H2. The van der Waals surface area contributed by atoms with Gasteiger partial charge in [-0.1, -0.05) is 18.2 Å². The summed E-state index contributed by atoms with van der Waals surface area (Å²) in [6.45, 7) is 0. The van der Waals surface area contributed by atoms with Gasteiger partial charge < -0.3 is 4.74 Å². The first kappa shape index (κ1) is 15.0. The van der Waals surface area contributed by atoms with Crippen LogP contribution in [0, 0.1) is 0 Å². The van der Waals surface area contributed by atoms with E-state index in [0.29, 0.717) is 11.3 Å². The fourth-order valence-electron chi connectivity index (χ4n) is 1.80. The van der Waals surface area contributed by atoms with Gasteiger partial charge in [-0.3, -0.25) is 9.78 Å². The fraction of sp³-hybridized carbons (Fsp3) is 0.200. The van der Waals surface area contributed by atoms with Gasteiger partial charge in [0.2, 0.25) is 0 Å². The van der Waals surface area contributed by atoms with Crippen molar-refractivity contribution in [3.8, 4) is 5.75 Å². The number of ketones is 1. The summed E-state index contributed by atoms with van der Waals surface area (Å²) in [6, 6.07) is 10.6. The van der Waals surface area contributed by atoms with Crippen molar-refractivity contribution < 1.29 is 22.7 Å². The average molecular weight is 295 g/mol. The van der Waals surface area contributed by atoms with Gasteiger partial charge in [-0.05, 0) is 29.8 Å². The van der Waals surface area contributed by atoms with E-state index in [1.165, 1.54) is 24.3 Å². The van der Waals surface area contributed by atoms with Gasteiger partial charge in [0.1, 0.15) is 11.5 Å². The number of ether oxygens (including phenoxy) is 1. The van der Waals surface area contributed by atoms with Crippen LogP contribution in [0.4, 0.5) is 13.2 Å². The van der Waals surface area contributed by atoms with E-state index < -0.39 is 6.36 Å². The average Bonchev–Trinajstić information content (AvgIpc) is 2.40. The highest BCUT2D eigenvalue weighted by Crippen LogP contribution is 2.22. The number of halogens is 3. The van der Waals surface area contributed by atoms with Gasteiger partial charge in [0.05, 0.1) is 0 Å². The van der Waals surface area contributed by atoms with Crippen LogP contribution >= 0.6 is 0 Å². The molecule has 0 unspecified atom stereocenters. The molecular formula is C15H12F3NO2. The van der Waals surface area contributed by atoms with Gasteiger partial charge in [-0.2, -0.15) is 0 Å². The predicted molar refractivity (Wildman–Crippen MR) is 69.8 cm³/mol. The number of carbonyl (C=O) groups is 1. The summed E-state index contributed by atoms with van der Waals surface area (Å²) in [7, 11) is 0. The van der Waals surface area contributed by atoms with Crippen molar-refractivity contribution >= 4 is 5.78 Å². The SMILES string of the molecule is O=C(Cc1ccc(OC(F)(F)F)cc1)Cc1ccccn1. The minimum atomic E-state index is -4.71. The quantitative estimate of drug-likeness (QED) is 0.849. The Morgan fingerprint density at radius 1 is 1.05 bits per heavy atom. The maximum absolute atomic E-state index is 12.0. The van der Waals surface area contributed by atoms with Crippen molar-refractivity contribution in [2.24, 2.45) is 0 Å². The van der Waals surface area contributed by atoms with Crippen LogP contribution in [-0.4, -0.2) is 17.1 Å². The third-order valence-electron chi connectivity index (χ3n) is 2.66. The molecule has 0 bridgehead atoms. The van der Waals surface area contributed by atoms with E-state index in [0.717, 1.165) is 0 Å². The molecule has 2 aromatic rings. The molecule has 0 atom stereocenters. The Morgan fingerprint density at radius 3 is 2.33 bits per heavy atom. The Bertz CT molecular complexity index is 595. The third-order valence-corrected chi connectivity index (χ3v) is 2.66. The Labute approximate surface area is 119 Å². The molecule has 21 heavy (non-hydrogen) atoms.